The zero-order valence-corrected chi connectivity index (χ0v) is 24.6. The molecule has 0 aromatic carbocycles. The summed E-state index contributed by atoms with van der Waals surface area (Å²) in [5.41, 5.74) is -0.576. The third-order valence-corrected chi connectivity index (χ3v) is 8.56. The first-order valence-corrected chi connectivity index (χ1v) is 15.0. The van der Waals surface area contributed by atoms with Gasteiger partial charge < -0.3 is 30.1 Å². The standard InChI is InChI=1S/C23H40N3O11PS/c1-13(2)36-20(30)14(3)25-38(33,34-9-10-39-21(31)23(4,5)6)35-12-16-15(11-27)18(29)19(37-16)26-8-7-17(28)24-22(26)32/h7-8,13-19,27-29H,9-12H2,1-6H3,(H,24,32)(H,25,33). The number of rotatable bonds is 13. The Morgan fingerprint density at radius 3 is 2.49 bits per heavy atom. The van der Waals surface area contributed by atoms with Crippen LogP contribution < -0.4 is 10.4 Å². The van der Waals surface area contributed by atoms with Crippen LogP contribution in [0.25, 0.3) is 0 Å². The molecule has 2 amide bonds. The van der Waals surface area contributed by atoms with Crippen LogP contribution in [0.1, 0.15) is 41.5 Å². The molecule has 7 atom stereocenters. The van der Waals surface area contributed by atoms with Gasteiger partial charge in [0.25, 0.3) is 0 Å². The molecule has 0 spiro atoms. The monoisotopic (exact) mass is 597 g/mol. The zero-order chi connectivity index (χ0) is 29.5. The highest BCUT2D eigenvalue weighted by atomic mass is 32.2. The number of aliphatic hydroxyl groups excluding tert-OH is 3. The van der Waals surface area contributed by atoms with E-state index in [-0.39, 0.29) is 17.5 Å². The third kappa shape index (κ3) is 9.80. The topological polar surface area (TPSA) is 193 Å². The largest absolute Gasteiger partial charge is 0.462 e. The number of hydrogen-bond donors (Lipinski definition) is 5. The number of nitrogens with one attached hydrogen (secondary N) is 2. The van der Waals surface area contributed by atoms with Gasteiger partial charge in [0, 0.05) is 23.3 Å². The van der Waals surface area contributed by atoms with Gasteiger partial charge in [-0.15, -0.1) is 0 Å². The molecule has 16 heteroatoms. The van der Waals surface area contributed by atoms with Gasteiger partial charge >= 0.3 is 19.7 Å². The molecule has 1 fully saturated rings. The number of ether oxygens (including phenoxy) is 2. The summed E-state index contributed by atoms with van der Waals surface area (Å²) >= 11 is 1.00. The number of esters is 1. The second-order valence-corrected chi connectivity index (χ2v) is 13.2. The Hall–Kier alpha value is -1.55. The Morgan fingerprint density at radius 2 is 1.92 bits per heavy atom. The number of hydrogen-bond acceptors (Lipinski definition) is 12. The molecule has 7 unspecified atom stereocenters. The van der Waals surface area contributed by atoms with Gasteiger partial charge in [-0.05, 0) is 26.8 Å². The molecule has 39 heavy (non-hydrogen) atoms. The van der Waals surface area contributed by atoms with Crippen LogP contribution in [-0.2, 0) is 32.7 Å². The molecule has 5 N–H and O–H groups in total. The van der Waals surface area contributed by atoms with E-state index < -0.39 is 81.1 Å². The van der Waals surface area contributed by atoms with E-state index in [1.807, 2.05) is 0 Å². The molecule has 2 aliphatic heterocycles. The van der Waals surface area contributed by atoms with Gasteiger partial charge in [-0.2, -0.15) is 0 Å². The van der Waals surface area contributed by atoms with E-state index in [1.54, 1.807) is 34.6 Å². The second kappa shape index (κ2) is 14.4. The van der Waals surface area contributed by atoms with Crippen LogP contribution in [0.3, 0.4) is 0 Å². The predicted octanol–water partition coefficient (Wildman–Crippen LogP) is 0.915. The molecule has 14 nitrogen and oxygen atoms in total. The molecule has 2 rings (SSSR count). The van der Waals surface area contributed by atoms with Gasteiger partial charge in [-0.25, -0.2) is 14.4 Å². The van der Waals surface area contributed by atoms with E-state index in [2.05, 4.69) is 10.4 Å². The smallest absolute Gasteiger partial charge is 0.406 e. The minimum absolute atomic E-state index is 0.0859. The van der Waals surface area contributed by atoms with Crippen molar-refractivity contribution in [2.45, 2.75) is 78.4 Å². The van der Waals surface area contributed by atoms with Crippen LogP contribution in [0, 0.1) is 11.3 Å². The number of carbonyl (C=O) groups is 3. The summed E-state index contributed by atoms with van der Waals surface area (Å²) in [6.45, 7) is 8.89. The fourth-order valence-electron chi connectivity index (χ4n) is 3.52. The van der Waals surface area contributed by atoms with Crippen molar-refractivity contribution in [3.63, 3.8) is 0 Å². The van der Waals surface area contributed by atoms with Crippen molar-refractivity contribution in [3.8, 4) is 0 Å². The van der Waals surface area contributed by atoms with Crippen molar-refractivity contribution >= 4 is 36.6 Å². The Kier molecular flexibility index (Phi) is 12.4. The maximum absolute atomic E-state index is 13.6. The Bertz CT molecular complexity index is 945. The first kappa shape index (κ1) is 33.7. The molecule has 0 radical (unpaired) electrons. The number of urea groups is 1. The van der Waals surface area contributed by atoms with Crippen LogP contribution in [0.5, 0.6) is 0 Å². The maximum atomic E-state index is 13.6. The molecule has 0 aromatic rings. The minimum Gasteiger partial charge on any atom is -0.462 e. The molecule has 0 saturated carbocycles. The van der Waals surface area contributed by atoms with Crippen LogP contribution in [0.2, 0.25) is 0 Å². The highest BCUT2D eigenvalue weighted by Gasteiger charge is 2.48. The van der Waals surface area contributed by atoms with Crippen molar-refractivity contribution in [1.29, 1.82) is 0 Å². The molecule has 224 valence electrons. The molecule has 0 bridgehead atoms. The van der Waals surface area contributed by atoms with Crippen LogP contribution in [-0.4, -0.2) is 99.7 Å². The van der Waals surface area contributed by atoms with Gasteiger partial charge in [0.2, 0.25) is 0 Å². The van der Waals surface area contributed by atoms with Gasteiger partial charge in [0.15, 0.2) is 11.3 Å². The van der Waals surface area contributed by atoms with Crippen LogP contribution in [0.15, 0.2) is 12.3 Å². The lowest BCUT2D eigenvalue weighted by Crippen LogP contribution is -2.52. The van der Waals surface area contributed by atoms with Crippen molar-refractivity contribution in [1.82, 2.24) is 15.3 Å². The predicted molar refractivity (Wildman–Crippen MR) is 141 cm³/mol. The van der Waals surface area contributed by atoms with Crippen molar-refractivity contribution in [2.75, 3.05) is 25.6 Å². The fourth-order valence-corrected chi connectivity index (χ4v) is 5.90. The quantitative estimate of drug-likeness (QED) is 0.114. The molecule has 1 saturated heterocycles. The number of carbonyl (C=O) groups excluding carboxylic acids is 3. The van der Waals surface area contributed by atoms with Gasteiger partial charge in [0.05, 0.1) is 32.0 Å². The van der Waals surface area contributed by atoms with E-state index in [4.69, 9.17) is 18.5 Å². The molecule has 0 aromatic heterocycles. The summed E-state index contributed by atoms with van der Waals surface area (Å²) in [4.78, 5) is 37.8. The van der Waals surface area contributed by atoms with E-state index in [0.717, 1.165) is 16.7 Å². The van der Waals surface area contributed by atoms with E-state index in [9.17, 15) is 34.3 Å². The molecule has 0 aliphatic carbocycles. The maximum Gasteiger partial charge on any atom is 0.406 e. The van der Waals surface area contributed by atoms with E-state index in [0.29, 0.717) is 0 Å². The number of aliphatic hydroxyl groups is 3. The van der Waals surface area contributed by atoms with Crippen LogP contribution in [0.4, 0.5) is 4.79 Å². The average Bonchev–Trinajstić information content (AvgIpc) is 3.14. The van der Waals surface area contributed by atoms with Gasteiger partial charge in [-0.3, -0.25) is 23.5 Å². The first-order valence-electron chi connectivity index (χ1n) is 12.5. The summed E-state index contributed by atoms with van der Waals surface area (Å²) in [5, 5.41) is 34.8. The fraction of sp³-hybridized carbons (Fsp3) is 0.783. The summed E-state index contributed by atoms with van der Waals surface area (Å²) < 4.78 is 35.6. The second-order valence-electron chi connectivity index (χ2n) is 10.4. The van der Waals surface area contributed by atoms with Gasteiger partial charge in [-0.1, -0.05) is 32.5 Å². The molecule has 2 heterocycles. The lowest BCUT2D eigenvalue weighted by atomic mass is 9.99. The SMILES string of the molecule is CC(C)OC(=O)C(C)NP(=O)(OCCSC(=O)C(C)(C)C)OCC1OC(N2C=CC(O)NC2=O)C(O)C1CO. The van der Waals surface area contributed by atoms with Crippen molar-refractivity contribution in [2.24, 2.45) is 11.3 Å². The highest BCUT2D eigenvalue weighted by molar-refractivity contribution is 8.13. The number of nitrogens with zero attached hydrogens (tertiary/aromatic N) is 1. The zero-order valence-electron chi connectivity index (χ0n) is 22.9. The molecular formula is C23H40N3O11PS. The Labute approximate surface area is 232 Å². The average molecular weight is 598 g/mol. The van der Waals surface area contributed by atoms with E-state index in [1.165, 1.54) is 19.2 Å². The normalized spacial score (nSPS) is 27.8. The Balaban J connectivity index is 2.11. The van der Waals surface area contributed by atoms with Crippen molar-refractivity contribution in [3.05, 3.63) is 12.3 Å². The number of amides is 2. The lowest BCUT2D eigenvalue weighted by Gasteiger charge is -2.31. The minimum atomic E-state index is -4.21. The summed E-state index contributed by atoms with van der Waals surface area (Å²) in [7, 11) is -4.21. The van der Waals surface area contributed by atoms with E-state index >= 15 is 0 Å². The Morgan fingerprint density at radius 1 is 1.26 bits per heavy atom. The van der Waals surface area contributed by atoms with Crippen LogP contribution >= 0.6 is 19.5 Å². The van der Waals surface area contributed by atoms with Crippen molar-refractivity contribution < 1.29 is 52.8 Å². The molecule has 2 aliphatic rings. The summed E-state index contributed by atoms with van der Waals surface area (Å²) in [6, 6.07) is -1.82. The highest BCUT2D eigenvalue weighted by Crippen LogP contribution is 2.46. The third-order valence-electron chi connectivity index (χ3n) is 5.60. The molecular weight excluding hydrogens is 557 g/mol. The van der Waals surface area contributed by atoms with Gasteiger partial charge in [0.1, 0.15) is 18.4 Å². The summed E-state index contributed by atoms with van der Waals surface area (Å²) in [5.74, 6) is -1.46. The summed E-state index contributed by atoms with van der Waals surface area (Å²) in [6.07, 6.45) is -2.72. The lowest BCUT2D eigenvalue weighted by molar-refractivity contribution is -0.149. The first-order chi connectivity index (χ1) is 18.1. The number of thioether (sulfide) groups is 1.